The highest BCUT2D eigenvalue weighted by Crippen LogP contribution is 2.56. The van der Waals surface area contributed by atoms with Crippen molar-refractivity contribution in [3.63, 3.8) is 0 Å². The van der Waals surface area contributed by atoms with Crippen molar-refractivity contribution in [2.24, 2.45) is 5.92 Å². The van der Waals surface area contributed by atoms with Gasteiger partial charge in [-0.3, -0.25) is 14.9 Å². The minimum atomic E-state index is -1.12. The van der Waals surface area contributed by atoms with Gasteiger partial charge < -0.3 is 15.0 Å². The van der Waals surface area contributed by atoms with Crippen molar-refractivity contribution in [1.82, 2.24) is 10.2 Å². The van der Waals surface area contributed by atoms with Gasteiger partial charge in [0.25, 0.3) is 0 Å². The zero-order valence-corrected chi connectivity index (χ0v) is 21.3. The second-order valence-electron chi connectivity index (χ2n) is 9.67. The number of methoxy groups -OCH3 is 1. The lowest BCUT2D eigenvalue weighted by atomic mass is 9.72. The van der Waals surface area contributed by atoms with Gasteiger partial charge in [0.2, 0.25) is 11.8 Å². The second-order valence-corrected chi connectivity index (χ2v) is 10.5. The highest BCUT2D eigenvalue weighted by Gasteiger charge is 2.66. The molecule has 4 atom stereocenters. The van der Waals surface area contributed by atoms with Crippen molar-refractivity contribution in [3.05, 3.63) is 99.0 Å². The van der Waals surface area contributed by atoms with Crippen LogP contribution in [-0.4, -0.2) is 42.4 Å². The molecule has 3 aromatic rings. The molecule has 7 nitrogen and oxygen atoms in total. The van der Waals surface area contributed by atoms with Gasteiger partial charge in [0.05, 0.1) is 18.6 Å². The zero-order valence-electron chi connectivity index (χ0n) is 19.8. The lowest BCUT2D eigenvalue weighted by Crippen LogP contribution is -2.51. The van der Waals surface area contributed by atoms with Crippen molar-refractivity contribution in [2.75, 3.05) is 19.0 Å². The van der Waals surface area contributed by atoms with Gasteiger partial charge in [-0.15, -0.1) is 0 Å². The Bertz CT molecular complexity index is 1440. The molecule has 3 aromatic carbocycles. The van der Waals surface area contributed by atoms with Crippen LogP contribution in [0.1, 0.15) is 33.0 Å². The van der Waals surface area contributed by atoms with Crippen LogP contribution in [0.2, 0.25) is 10.0 Å². The van der Waals surface area contributed by atoms with Gasteiger partial charge in [0.1, 0.15) is 5.54 Å². The fraction of sp³-hybridized carbons (Fsp3) is 0.250. The molecular weight excluding hydrogens is 513 g/mol. The SMILES string of the molecule is COC(=O)c1ccc(CN2C[C@@H]3N[C@@]4(C(=O)Nc5cc(Cl)ccc54)[C@@H](c4cccc(Cl)c4)[C@@H]3C2=O)cc1. The molecular formula is C28H23Cl2N3O4. The monoisotopic (exact) mass is 535 g/mol. The van der Waals surface area contributed by atoms with E-state index in [0.717, 1.165) is 16.7 Å². The summed E-state index contributed by atoms with van der Waals surface area (Å²) in [6.07, 6.45) is 0. The summed E-state index contributed by atoms with van der Waals surface area (Å²) in [7, 11) is 1.34. The third-order valence-corrected chi connectivity index (χ3v) is 8.13. The van der Waals surface area contributed by atoms with Crippen LogP contribution < -0.4 is 10.6 Å². The first-order valence-electron chi connectivity index (χ1n) is 11.9. The van der Waals surface area contributed by atoms with Gasteiger partial charge >= 0.3 is 5.97 Å². The molecule has 1 spiro atoms. The Kier molecular flexibility index (Phi) is 5.75. The highest BCUT2D eigenvalue weighted by molar-refractivity contribution is 6.31. The van der Waals surface area contributed by atoms with E-state index in [4.69, 9.17) is 27.9 Å². The van der Waals surface area contributed by atoms with Crippen molar-refractivity contribution < 1.29 is 19.1 Å². The number of halogens is 2. The van der Waals surface area contributed by atoms with Crippen LogP contribution >= 0.6 is 23.2 Å². The number of carbonyl (C=O) groups excluding carboxylic acids is 3. The molecule has 0 aliphatic carbocycles. The number of hydrogen-bond acceptors (Lipinski definition) is 5. The summed E-state index contributed by atoms with van der Waals surface area (Å²) in [5.41, 5.74) is 2.47. The predicted octanol–water partition coefficient (Wildman–Crippen LogP) is 4.34. The Morgan fingerprint density at radius 3 is 2.54 bits per heavy atom. The average Bonchev–Trinajstić information content (AvgIpc) is 3.47. The van der Waals surface area contributed by atoms with Gasteiger partial charge in [0, 0.05) is 46.3 Å². The molecule has 6 rings (SSSR count). The molecule has 0 saturated carbocycles. The van der Waals surface area contributed by atoms with E-state index in [2.05, 4.69) is 10.6 Å². The Labute approximate surface area is 223 Å². The number of anilines is 1. The first-order chi connectivity index (χ1) is 17.8. The second kappa shape index (κ2) is 8.87. The molecule has 2 amide bonds. The van der Waals surface area contributed by atoms with Crippen molar-refractivity contribution in [1.29, 1.82) is 0 Å². The Hall–Kier alpha value is -3.39. The van der Waals surface area contributed by atoms with Crippen LogP contribution in [0.15, 0.2) is 66.7 Å². The third kappa shape index (κ3) is 3.72. The van der Waals surface area contributed by atoms with E-state index in [0.29, 0.717) is 34.4 Å². The van der Waals surface area contributed by atoms with E-state index in [9.17, 15) is 14.4 Å². The molecule has 2 fully saturated rings. The molecule has 3 aliphatic heterocycles. The summed E-state index contributed by atoms with van der Waals surface area (Å²) in [5.74, 6) is -1.60. The number of nitrogens with zero attached hydrogens (tertiary/aromatic N) is 1. The maximum absolute atomic E-state index is 13.9. The molecule has 0 bridgehead atoms. The number of likely N-dealkylation sites (tertiary alicyclic amines) is 1. The van der Waals surface area contributed by atoms with E-state index in [1.807, 2.05) is 36.4 Å². The maximum Gasteiger partial charge on any atom is 0.337 e. The number of rotatable bonds is 4. The van der Waals surface area contributed by atoms with E-state index < -0.39 is 23.3 Å². The Balaban J connectivity index is 1.37. The zero-order chi connectivity index (χ0) is 25.9. The van der Waals surface area contributed by atoms with Crippen molar-refractivity contribution >= 4 is 46.7 Å². The number of esters is 1. The summed E-state index contributed by atoms with van der Waals surface area (Å²) in [6.45, 7) is 0.833. The first-order valence-corrected chi connectivity index (χ1v) is 12.7. The number of amides is 2. The quantitative estimate of drug-likeness (QED) is 0.485. The van der Waals surface area contributed by atoms with Crippen molar-refractivity contribution in [3.8, 4) is 0 Å². The lowest BCUT2D eigenvalue weighted by molar-refractivity contribution is -0.132. The van der Waals surface area contributed by atoms with Gasteiger partial charge in [-0.1, -0.05) is 53.5 Å². The van der Waals surface area contributed by atoms with Crippen molar-refractivity contribution in [2.45, 2.75) is 24.0 Å². The van der Waals surface area contributed by atoms with Gasteiger partial charge in [-0.2, -0.15) is 0 Å². The fourth-order valence-corrected chi connectivity index (χ4v) is 6.50. The summed E-state index contributed by atoms with van der Waals surface area (Å²) in [6, 6.07) is 19.5. The standard InChI is InChI=1S/C28H23Cl2N3O4/c1-37-26(35)16-7-5-15(6-8-16)13-33-14-22-23(25(33)34)24(17-3-2-4-18(29)11-17)28(32-22)20-10-9-19(30)12-21(20)31-27(28)36/h2-12,22-24,32H,13-14H2,1H3,(H,31,36)/t22-,23+,24-,28+/m0/s1. The lowest BCUT2D eigenvalue weighted by Gasteiger charge is -2.33. The summed E-state index contributed by atoms with van der Waals surface area (Å²) in [4.78, 5) is 41.1. The molecule has 9 heteroatoms. The number of ether oxygens (including phenoxy) is 1. The molecule has 0 aromatic heterocycles. The molecule has 3 aliphatic rings. The van der Waals surface area contributed by atoms with Crippen LogP contribution in [0.3, 0.4) is 0 Å². The summed E-state index contributed by atoms with van der Waals surface area (Å²) in [5, 5.41) is 7.62. The molecule has 0 radical (unpaired) electrons. The number of nitrogens with one attached hydrogen (secondary N) is 2. The fourth-order valence-electron chi connectivity index (χ4n) is 6.13. The van der Waals surface area contributed by atoms with Gasteiger partial charge in [-0.05, 0) is 47.5 Å². The Morgan fingerprint density at radius 1 is 1.05 bits per heavy atom. The van der Waals surface area contributed by atoms with Crippen LogP contribution in [0.5, 0.6) is 0 Å². The molecule has 2 N–H and O–H groups in total. The van der Waals surface area contributed by atoms with Crippen LogP contribution in [0.25, 0.3) is 0 Å². The van der Waals surface area contributed by atoms with E-state index in [1.54, 1.807) is 35.2 Å². The smallest absolute Gasteiger partial charge is 0.337 e. The third-order valence-electron chi connectivity index (χ3n) is 7.66. The molecule has 188 valence electrons. The van der Waals surface area contributed by atoms with E-state index in [1.165, 1.54) is 7.11 Å². The first kappa shape index (κ1) is 24.0. The van der Waals surface area contributed by atoms with Crippen LogP contribution in [0.4, 0.5) is 5.69 Å². The van der Waals surface area contributed by atoms with Gasteiger partial charge in [0.15, 0.2) is 0 Å². The maximum atomic E-state index is 13.9. The number of benzene rings is 3. The van der Waals surface area contributed by atoms with Crippen LogP contribution in [0, 0.1) is 5.92 Å². The van der Waals surface area contributed by atoms with E-state index in [-0.39, 0.29) is 17.9 Å². The summed E-state index contributed by atoms with van der Waals surface area (Å²) < 4.78 is 4.76. The molecule has 37 heavy (non-hydrogen) atoms. The number of carbonyl (C=O) groups is 3. The highest BCUT2D eigenvalue weighted by atomic mass is 35.5. The largest absolute Gasteiger partial charge is 0.465 e. The average molecular weight is 536 g/mol. The predicted molar refractivity (Wildman–Crippen MR) is 140 cm³/mol. The number of fused-ring (bicyclic) bond motifs is 3. The van der Waals surface area contributed by atoms with E-state index >= 15 is 0 Å². The minimum Gasteiger partial charge on any atom is -0.465 e. The van der Waals surface area contributed by atoms with Crippen LogP contribution in [-0.2, 0) is 26.4 Å². The molecule has 3 heterocycles. The molecule has 0 unspecified atom stereocenters. The van der Waals surface area contributed by atoms with Gasteiger partial charge in [-0.25, -0.2) is 4.79 Å². The molecule has 2 saturated heterocycles. The topological polar surface area (TPSA) is 87.7 Å². The minimum absolute atomic E-state index is 0.0355. The number of hydrogen-bond donors (Lipinski definition) is 2. The summed E-state index contributed by atoms with van der Waals surface area (Å²) >= 11 is 12.6. The Morgan fingerprint density at radius 2 is 1.81 bits per heavy atom. The normalized spacial score (nSPS) is 25.8.